The molecule has 0 unspecified atom stereocenters. The number of nitrogens with one attached hydrogen (secondary N) is 1. The molecular weight excluding hydrogens is 391 g/mol. The molecule has 3 aromatic carbocycles. The summed E-state index contributed by atoms with van der Waals surface area (Å²) >= 11 is 0. The second-order valence-corrected chi connectivity index (χ2v) is 8.76. The lowest BCUT2D eigenvalue weighted by Crippen LogP contribution is -2.29. The van der Waals surface area contributed by atoms with Crippen molar-refractivity contribution >= 4 is 27.3 Å². The molecule has 1 N–H and O–H groups in total. The molecule has 3 aromatic rings. The zero-order valence-electron chi connectivity index (χ0n) is 15.7. The average Bonchev–Trinajstić information content (AvgIpc) is 3.16. The fraction of sp³-hybridized carbons (Fsp3) is 0.136. The Kier molecular flexibility index (Phi) is 4.84. The number of hydrogen-bond acceptors (Lipinski definition) is 3. The van der Waals surface area contributed by atoms with Crippen molar-refractivity contribution in [1.82, 2.24) is 0 Å². The van der Waals surface area contributed by atoms with E-state index in [-0.39, 0.29) is 10.5 Å². The Bertz CT molecular complexity index is 1210. The predicted octanol–water partition coefficient (Wildman–Crippen LogP) is 4.14. The molecule has 1 amide bonds. The van der Waals surface area contributed by atoms with Gasteiger partial charge in [0.2, 0.25) is 0 Å². The maximum atomic E-state index is 13.5. The van der Waals surface area contributed by atoms with Crippen LogP contribution in [0.1, 0.15) is 21.5 Å². The molecule has 0 aliphatic carbocycles. The third-order valence-electron chi connectivity index (χ3n) is 4.98. The SMILES string of the molecule is Cc1ccc(F)cc1NC(=O)c1cccc(S(=O)(=O)N2CCc3ccccc32)c1. The zero-order chi connectivity index (χ0) is 20.6. The number of halogens is 1. The maximum absolute atomic E-state index is 13.5. The zero-order valence-corrected chi connectivity index (χ0v) is 16.5. The van der Waals surface area contributed by atoms with Gasteiger partial charge in [-0.1, -0.05) is 30.3 Å². The summed E-state index contributed by atoms with van der Waals surface area (Å²) in [5.41, 5.74) is 2.88. The summed E-state index contributed by atoms with van der Waals surface area (Å²) < 4.78 is 41.2. The number of hydrogen-bond donors (Lipinski definition) is 1. The normalized spacial score (nSPS) is 13.2. The lowest BCUT2D eigenvalue weighted by Gasteiger charge is -2.20. The third-order valence-corrected chi connectivity index (χ3v) is 6.79. The number of nitrogens with zero attached hydrogens (tertiary/aromatic N) is 1. The highest BCUT2D eigenvalue weighted by Crippen LogP contribution is 2.32. The highest BCUT2D eigenvalue weighted by molar-refractivity contribution is 7.92. The average molecular weight is 410 g/mol. The highest BCUT2D eigenvalue weighted by Gasteiger charge is 2.30. The van der Waals surface area contributed by atoms with Crippen molar-refractivity contribution in [3.8, 4) is 0 Å². The number of sulfonamides is 1. The van der Waals surface area contributed by atoms with E-state index in [1.54, 1.807) is 25.1 Å². The smallest absolute Gasteiger partial charge is 0.264 e. The molecule has 1 heterocycles. The number of aryl methyl sites for hydroxylation is 1. The van der Waals surface area contributed by atoms with Crippen LogP contribution in [-0.2, 0) is 16.4 Å². The van der Waals surface area contributed by atoms with Crippen LogP contribution in [0.15, 0.2) is 71.6 Å². The molecule has 4 rings (SSSR count). The van der Waals surface area contributed by atoms with Crippen molar-refractivity contribution in [3.63, 3.8) is 0 Å². The van der Waals surface area contributed by atoms with Gasteiger partial charge in [-0.15, -0.1) is 0 Å². The van der Waals surface area contributed by atoms with Crippen LogP contribution in [-0.4, -0.2) is 20.9 Å². The molecule has 148 valence electrons. The van der Waals surface area contributed by atoms with Gasteiger partial charge < -0.3 is 5.32 Å². The largest absolute Gasteiger partial charge is 0.322 e. The molecule has 0 atom stereocenters. The highest BCUT2D eigenvalue weighted by atomic mass is 32.2. The molecule has 29 heavy (non-hydrogen) atoms. The minimum Gasteiger partial charge on any atom is -0.322 e. The fourth-order valence-corrected chi connectivity index (χ4v) is 4.96. The summed E-state index contributed by atoms with van der Waals surface area (Å²) in [5, 5.41) is 2.64. The number of benzene rings is 3. The van der Waals surface area contributed by atoms with Gasteiger partial charge in [-0.2, -0.15) is 0 Å². The Morgan fingerprint density at radius 3 is 2.66 bits per heavy atom. The van der Waals surface area contributed by atoms with Crippen molar-refractivity contribution in [3.05, 3.63) is 89.2 Å². The topological polar surface area (TPSA) is 66.5 Å². The second-order valence-electron chi connectivity index (χ2n) is 6.90. The van der Waals surface area contributed by atoms with Crippen LogP contribution >= 0.6 is 0 Å². The second kappa shape index (κ2) is 7.33. The fourth-order valence-electron chi connectivity index (χ4n) is 3.41. The van der Waals surface area contributed by atoms with Crippen molar-refractivity contribution in [2.45, 2.75) is 18.2 Å². The minimum absolute atomic E-state index is 0.0396. The molecule has 0 saturated heterocycles. The lowest BCUT2D eigenvalue weighted by atomic mass is 10.1. The van der Waals surface area contributed by atoms with Crippen LogP contribution in [0.2, 0.25) is 0 Å². The molecule has 1 aliphatic heterocycles. The summed E-state index contributed by atoms with van der Waals surface area (Å²) in [7, 11) is -3.80. The number of anilines is 2. The number of rotatable bonds is 4. The first kappa shape index (κ1) is 19.1. The van der Waals surface area contributed by atoms with Crippen LogP contribution in [0.5, 0.6) is 0 Å². The van der Waals surface area contributed by atoms with Gasteiger partial charge in [-0.3, -0.25) is 9.10 Å². The Morgan fingerprint density at radius 1 is 1.03 bits per heavy atom. The van der Waals surface area contributed by atoms with Gasteiger partial charge >= 0.3 is 0 Å². The van der Waals surface area contributed by atoms with E-state index in [1.807, 2.05) is 12.1 Å². The lowest BCUT2D eigenvalue weighted by molar-refractivity contribution is 0.102. The van der Waals surface area contributed by atoms with E-state index in [1.165, 1.54) is 40.7 Å². The maximum Gasteiger partial charge on any atom is 0.264 e. The summed E-state index contributed by atoms with van der Waals surface area (Å²) in [6, 6.07) is 17.4. The first-order valence-corrected chi connectivity index (χ1v) is 10.6. The summed E-state index contributed by atoms with van der Waals surface area (Å²) in [4.78, 5) is 12.7. The van der Waals surface area contributed by atoms with E-state index < -0.39 is 21.7 Å². The molecular formula is C22H19FN2O3S. The molecule has 1 aliphatic rings. The molecule has 0 spiro atoms. The van der Waals surface area contributed by atoms with E-state index in [4.69, 9.17) is 0 Å². The van der Waals surface area contributed by atoms with Crippen molar-refractivity contribution < 1.29 is 17.6 Å². The quantitative estimate of drug-likeness (QED) is 0.703. The monoisotopic (exact) mass is 410 g/mol. The number of fused-ring (bicyclic) bond motifs is 1. The molecule has 0 bridgehead atoms. The summed E-state index contributed by atoms with van der Waals surface area (Å²) in [6.45, 7) is 2.11. The third kappa shape index (κ3) is 3.61. The van der Waals surface area contributed by atoms with Crippen molar-refractivity contribution in [2.75, 3.05) is 16.2 Å². The van der Waals surface area contributed by atoms with E-state index in [2.05, 4.69) is 5.32 Å². The number of carbonyl (C=O) groups is 1. The van der Waals surface area contributed by atoms with E-state index in [0.29, 0.717) is 29.9 Å². The number of amides is 1. The predicted molar refractivity (Wildman–Crippen MR) is 110 cm³/mol. The Morgan fingerprint density at radius 2 is 1.83 bits per heavy atom. The van der Waals surface area contributed by atoms with Gasteiger partial charge in [0.05, 0.1) is 10.6 Å². The molecule has 0 saturated carbocycles. The molecule has 5 nitrogen and oxygen atoms in total. The first-order valence-electron chi connectivity index (χ1n) is 9.14. The molecule has 0 aromatic heterocycles. The van der Waals surface area contributed by atoms with Crippen molar-refractivity contribution in [2.24, 2.45) is 0 Å². The number of carbonyl (C=O) groups excluding carboxylic acids is 1. The van der Waals surface area contributed by atoms with Gasteiger partial charge in [0.1, 0.15) is 5.82 Å². The first-order chi connectivity index (χ1) is 13.9. The van der Waals surface area contributed by atoms with Crippen LogP contribution in [0, 0.1) is 12.7 Å². The van der Waals surface area contributed by atoms with Gasteiger partial charge in [0.25, 0.3) is 15.9 Å². The van der Waals surface area contributed by atoms with Gasteiger partial charge in [-0.25, -0.2) is 12.8 Å². The van der Waals surface area contributed by atoms with E-state index in [9.17, 15) is 17.6 Å². The van der Waals surface area contributed by atoms with E-state index >= 15 is 0 Å². The molecule has 0 fully saturated rings. The van der Waals surface area contributed by atoms with Crippen LogP contribution in [0.3, 0.4) is 0 Å². The Labute approximate surface area is 168 Å². The van der Waals surface area contributed by atoms with Gasteiger partial charge in [0.15, 0.2) is 0 Å². The van der Waals surface area contributed by atoms with Gasteiger partial charge in [0, 0.05) is 17.8 Å². The van der Waals surface area contributed by atoms with E-state index in [0.717, 1.165) is 5.56 Å². The Balaban J connectivity index is 1.63. The minimum atomic E-state index is -3.80. The summed E-state index contributed by atoms with van der Waals surface area (Å²) in [6.07, 6.45) is 0.647. The van der Waals surface area contributed by atoms with Gasteiger partial charge in [-0.05, 0) is 60.9 Å². The molecule has 0 radical (unpaired) electrons. The Hall–Kier alpha value is -3.19. The standard InChI is InChI=1S/C22H19FN2O3S/c1-15-9-10-18(23)14-20(15)24-22(26)17-6-4-7-19(13-17)29(27,28)25-12-11-16-5-2-3-8-21(16)25/h2-10,13-14H,11-12H2,1H3,(H,24,26). The van der Waals surface area contributed by atoms with Crippen LogP contribution < -0.4 is 9.62 Å². The van der Waals surface area contributed by atoms with Crippen LogP contribution in [0.4, 0.5) is 15.8 Å². The van der Waals surface area contributed by atoms with Crippen LogP contribution in [0.25, 0.3) is 0 Å². The number of para-hydroxylation sites is 1. The summed E-state index contributed by atoms with van der Waals surface area (Å²) in [5.74, 6) is -0.965. The molecule has 7 heteroatoms. The van der Waals surface area contributed by atoms with Crippen molar-refractivity contribution in [1.29, 1.82) is 0 Å².